The monoisotopic (exact) mass is 258 g/mol. The van der Waals surface area contributed by atoms with E-state index in [1.807, 2.05) is 13.8 Å². The van der Waals surface area contributed by atoms with E-state index in [0.717, 1.165) is 25.9 Å². The van der Waals surface area contributed by atoms with Gasteiger partial charge in [-0.25, -0.2) is 0 Å². The SMILES string of the molecule is CCCNC(C)(CC(C)N(C)CC)C(=O)OCC. The van der Waals surface area contributed by atoms with Crippen LogP contribution in [0.2, 0.25) is 0 Å². The number of hydrogen-bond donors (Lipinski definition) is 1. The van der Waals surface area contributed by atoms with Crippen molar-refractivity contribution in [2.24, 2.45) is 0 Å². The van der Waals surface area contributed by atoms with E-state index in [9.17, 15) is 4.79 Å². The Balaban J connectivity index is 4.69. The molecule has 108 valence electrons. The van der Waals surface area contributed by atoms with Crippen LogP contribution in [0.5, 0.6) is 0 Å². The van der Waals surface area contributed by atoms with Gasteiger partial charge in [0.25, 0.3) is 0 Å². The summed E-state index contributed by atoms with van der Waals surface area (Å²) in [7, 11) is 2.08. The molecule has 4 heteroatoms. The number of carbonyl (C=O) groups excluding carboxylic acids is 1. The molecule has 2 unspecified atom stereocenters. The molecule has 2 atom stereocenters. The lowest BCUT2D eigenvalue weighted by Crippen LogP contribution is -2.54. The molecule has 4 nitrogen and oxygen atoms in total. The topological polar surface area (TPSA) is 41.6 Å². The highest BCUT2D eigenvalue weighted by molar-refractivity contribution is 5.80. The van der Waals surface area contributed by atoms with Gasteiger partial charge in [-0.2, -0.15) is 0 Å². The second kappa shape index (κ2) is 8.48. The molecule has 0 aromatic rings. The van der Waals surface area contributed by atoms with Crippen LogP contribution >= 0.6 is 0 Å². The van der Waals surface area contributed by atoms with Crippen molar-refractivity contribution in [2.75, 3.05) is 26.7 Å². The van der Waals surface area contributed by atoms with E-state index in [-0.39, 0.29) is 5.97 Å². The smallest absolute Gasteiger partial charge is 0.326 e. The van der Waals surface area contributed by atoms with Crippen LogP contribution in [0, 0.1) is 0 Å². The number of ether oxygens (including phenoxy) is 1. The molecule has 0 aliphatic rings. The lowest BCUT2D eigenvalue weighted by molar-refractivity contribution is -0.151. The summed E-state index contributed by atoms with van der Waals surface area (Å²) in [5.41, 5.74) is -0.588. The van der Waals surface area contributed by atoms with Gasteiger partial charge in [0, 0.05) is 6.04 Å². The third-order valence-electron chi connectivity index (χ3n) is 3.45. The molecule has 0 aromatic carbocycles. The molecule has 0 saturated carbocycles. The molecule has 0 bridgehead atoms. The Bertz CT molecular complexity index is 246. The van der Waals surface area contributed by atoms with Gasteiger partial charge < -0.3 is 15.0 Å². The largest absolute Gasteiger partial charge is 0.465 e. The van der Waals surface area contributed by atoms with Crippen LogP contribution in [0.25, 0.3) is 0 Å². The summed E-state index contributed by atoms with van der Waals surface area (Å²) >= 11 is 0. The van der Waals surface area contributed by atoms with E-state index < -0.39 is 5.54 Å². The number of hydrogen-bond acceptors (Lipinski definition) is 4. The maximum atomic E-state index is 12.1. The van der Waals surface area contributed by atoms with E-state index in [1.54, 1.807) is 0 Å². The van der Waals surface area contributed by atoms with Crippen LogP contribution in [0.15, 0.2) is 0 Å². The zero-order valence-electron chi connectivity index (χ0n) is 12.9. The minimum atomic E-state index is -0.588. The quantitative estimate of drug-likeness (QED) is 0.643. The third kappa shape index (κ3) is 5.36. The van der Waals surface area contributed by atoms with E-state index in [2.05, 4.69) is 38.0 Å². The molecule has 0 rings (SSSR count). The summed E-state index contributed by atoms with van der Waals surface area (Å²) in [6.45, 7) is 12.4. The molecule has 0 radical (unpaired) electrons. The maximum Gasteiger partial charge on any atom is 0.326 e. The van der Waals surface area contributed by atoms with Gasteiger partial charge in [0.15, 0.2) is 0 Å². The number of nitrogens with one attached hydrogen (secondary N) is 1. The van der Waals surface area contributed by atoms with Gasteiger partial charge in [-0.05, 0) is 53.8 Å². The standard InChI is InChI=1S/C14H30N2O2/c1-7-10-15-14(5,13(17)18-9-3)11-12(4)16(6)8-2/h12,15H,7-11H2,1-6H3. The predicted molar refractivity (Wildman–Crippen MR) is 75.7 cm³/mol. The molecule has 0 aliphatic heterocycles. The molecule has 18 heavy (non-hydrogen) atoms. The molecular weight excluding hydrogens is 228 g/mol. The van der Waals surface area contributed by atoms with Gasteiger partial charge in [-0.1, -0.05) is 13.8 Å². The molecule has 0 aromatic heterocycles. The number of esters is 1. The van der Waals surface area contributed by atoms with Crippen LogP contribution in [-0.4, -0.2) is 49.2 Å². The summed E-state index contributed by atoms with van der Waals surface area (Å²) in [5, 5.41) is 3.34. The second-order valence-electron chi connectivity index (χ2n) is 5.11. The summed E-state index contributed by atoms with van der Waals surface area (Å²) in [6, 6.07) is 0.341. The van der Waals surface area contributed by atoms with Crippen molar-refractivity contribution >= 4 is 5.97 Å². The van der Waals surface area contributed by atoms with Crippen LogP contribution in [0.3, 0.4) is 0 Å². The van der Waals surface area contributed by atoms with Crippen LogP contribution in [0.1, 0.15) is 47.5 Å². The number of rotatable bonds is 9. The minimum absolute atomic E-state index is 0.144. The fourth-order valence-corrected chi connectivity index (χ4v) is 1.98. The highest BCUT2D eigenvalue weighted by Crippen LogP contribution is 2.17. The first-order valence-corrected chi connectivity index (χ1v) is 7.03. The van der Waals surface area contributed by atoms with Crippen molar-refractivity contribution < 1.29 is 9.53 Å². The summed E-state index contributed by atoms with van der Waals surface area (Å²) in [5.74, 6) is -0.144. The Kier molecular flexibility index (Phi) is 8.20. The molecule has 1 N–H and O–H groups in total. The van der Waals surface area contributed by atoms with Crippen LogP contribution in [0.4, 0.5) is 0 Å². The normalized spacial score (nSPS) is 16.4. The van der Waals surface area contributed by atoms with Crippen LogP contribution < -0.4 is 5.32 Å². The Morgan fingerprint density at radius 1 is 1.39 bits per heavy atom. The average molecular weight is 258 g/mol. The minimum Gasteiger partial charge on any atom is -0.465 e. The van der Waals surface area contributed by atoms with Crippen molar-refractivity contribution in [1.29, 1.82) is 0 Å². The zero-order chi connectivity index (χ0) is 14.2. The van der Waals surface area contributed by atoms with Gasteiger partial charge in [0.05, 0.1) is 6.61 Å². The van der Waals surface area contributed by atoms with Gasteiger partial charge in [-0.15, -0.1) is 0 Å². The van der Waals surface area contributed by atoms with Crippen molar-refractivity contribution in [3.8, 4) is 0 Å². The fourth-order valence-electron chi connectivity index (χ4n) is 1.98. The Hall–Kier alpha value is -0.610. The summed E-state index contributed by atoms with van der Waals surface area (Å²) < 4.78 is 5.20. The summed E-state index contributed by atoms with van der Waals surface area (Å²) in [4.78, 5) is 14.4. The molecule has 0 aliphatic carbocycles. The first-order valence-electron chi connectivity index (χ1n) is 7.03. The lowest BCUT2D eigenvalue weighted by Gasteiger charge is -2.34. The van der Waals surface area contributed by atoms with Crippen molar-refractivity contribution in [3.05, 3.63) is 0 Å². The van der Waals surface area contributed by atoms with Crippen LogP contribution in [-0.2, 0) is 9.53 Å². The Morgan fingerprint density at radius 3 is 2.44 bits per heavy atom. The summed E-state index contributed by atoms with van der Waals surface area (Å²) in [6.07, 6.45) is 1.77. The van der Waals surface area contributed by atoms with E-state index in [1.165, 1.54) is 0 Å². The first-order chi connectivity index (χ1) is 8.41. The molecule has 0 heterocycles. The van der Waals surface area contributed by atoms with Gasteiger partial charge in [0.2, 0.25) is 0 Å². The fraction of sp³-hybridized carbons (Fsp3) is 0.929. The first kappa shape index (κ1) is 17.4. The number of carbonyl (C=O) groups is 1. The van der Waals surface area contributed by atoms with E-state index in [4.69, 9.17) is 4.74 Å². The number of nitrogens with zero attached hydrogens (tertiary/aromatic N) is 1. The molecular formula is C14H30N2O2. The van der Waals surface area contributed by atoms with E-state index in [0.29, 0.717) is 12.6 Å². The van der Waals surface area contributed by atoms with Gasteiger partial charge >= 0.3 is 5.97 Å². The van der Waals surface area contributed by atoms with Crippen molar-refractivity contribution in [1.82, 2.24) is 10.2 Å². The molecule has 0 saturated heterocycles. The third-order valence-corrected chi connectivity index (χ3v) is 3.45. The molecule has 0 fully saturated rings. The van der Waals surface area contributed by atoms with Crippen molar-refractivity contribution in [3.63, 3.8) is 0 Å². The highest BCUT2D eigenvalue weighted by atomic mass is 16.5. The lowest BCUT2D eigenvalue weighted by atomic mass is 9.92. The predicted octanol–water partition coefficient (Wildman–Crippen LogP) is 2.04. The molecule has 0 spiro atoms. The van der Waals surface area contributed by atoms with Crippen molar-refractivity contribution in [2.45, 2.75) is 59.0 Å². The average Bonchev–Trinajstić information content (AvgIpc) is 2.35. The van der Waals surface area contributed by atoms with E-state index >= 15 is 0 Å². The van der Waals surface area contributed by atoms with Gasteiger partial charge in [-0.3, -0.25) is 4.79 Å². The zero-order valence-corrected chi connectivity index (χ0v) is 12.9. The second-order valence-corrected chi connectivity index (χ2v) is 5.11. The maximum absolute atomic E-state index is 12.1. The Labute approximate surface area is 112 Å². The Morgan fingerprint density at radius 2 is 2.00 bits per heavy atom. The molecule has 0 amide bonds. The highest BCUT2D eigenvalue weighted by Gasteiger charge is 2.36. The van der Waals surface area contributed by atoms with Gasteiger partial charge in [0.1, 0.15) is 5.54 Å².